The van der Waals surface area contributed by atoms with Crippen LogP contribution in [0.5, 0.6) is 5.75 Å². The van der Waals surface area contributed by atoms with Crippen molar-refractivity contribution < 1.29 is 27.1 Å². The average molecular weight is 437 g/mol. The number of pyridine rings is 1. The maximum absolute atomic E-state index is 14.2. The second kappa shape index (κ2) is 6.50. The van der Waals surface area contributed by atoms with Gasteiger partial charge in [-0.15, -0.1) is 0 Å². The zero-order valence-corrected chi connectivity index (χ0v) is 16.5. The number of nitrogens with zero attached hydrogens (tertiary/aromatic N) is 4. The van der Waals surface area contributed by atoms with E-state index in [1.165, 1.54) is 10.6 Å². The first-order chi connectivity index (χ1) is 14.4. The van der Waals surface area contributed by atoms with E-state index in [9.17, 15) is 27.1 Å². The van der Waals surface area contributed by atoms with Gasteiger partial charge in [0.05, 0.1) is 16.6 Å². The molecule has 0 fully saturated rings. The lowest BCUT2D eigenvalue weighted by atomic mass is 10.0. The Labute approximate surface area is 172 Å². The van der Waals surface area contributed by atoms with Gasteiger partial charge >= 0.3 is 12.1 Å². The molecule has 3 N–H and O–H groups in total. The van der Waals surface area contributed by atoms with E-state index in [2.05, 4.69) is 15.0 Å². The van der Waals surface area contributed by atoms with Gasteiger partial charge in [-0.25, -0.2) is 15.0 Å². The van der Waals surface area contributed by atoms with Crippen molar-refractivity contribution >= 4 is 27.9 Å². The summed E-state index contributed by atoms with van der Waals surface area (Å²) in [5.74, 6) is -5.25. The van der Waals surface area contributed by atoms with Gasteiger partial charge in [0.25, 0.3) is 0 Å². The normalized spacial score (nSPS) is 12.8. The number of phenols is 1. The van der Waals surface area contributed by atoms with Gasteiger partial charge in [-0.1, -0.05) is 6.07 Å². The Kier molecular flexibility index (Phi) is 4.35. The standard InChI is InChI=1S/C20H16F5N5O/c1-8-4-5-13(31)9(2)15(8)30-17-11(14-16(26)27-7-28-18(14)30)6-12(10(3)29-17)19(21,22)20(23,24)25/h4-7,31H,1-3H3,(H2,26,27,28). The number of phenolic OH excluding ortho intramolecular Hbond substituents is 1. The molecular weight excluding hydrogens is 421 g/mol. The number of aromatic nitrogens is 4. The zero-order valence-electron chi connectivity index (χ0n) is 16.5. The predicted octanol–water partition coefficient (Wildman–Crippen LogP) is 4.84. The Balaban J connectivity index is 2.22. The lowest BCUT2D eigenvalue weighted by Crippen LogP contribution is -2.34. The molecule has 11 heteroatoms. The van der Waals surface area contributed by atoms with Gasteiger partial charge in [0.1, 0.15) is 23.5 Å². The number of aromatic hydroxyl groups is 1. The Morgan fingerprint density at radius 1 is 1.00 bits per heavy atom. The third-order valence-electron chi connectivity index (χ3n) is 5.26. The minimum absolute atomic E-state index is 0.0328. The lowest BCUT2D eigenvalue weighted by Gasteiger charge is -2.21. The van der Waals surface area contributed by atoms with Crippen LogP contribution in [0.4, 0.5) is 27.8 Å². The highest BCUT2D eigenvalue weighted by Gasteiger charge is 2.59. The fraction of sp³-hybridized carbons (Fsp3) is 0.250. The van der Waals surface area contributed by atoms with Crippen LogP contribution in [0, 0.1) is 20.8 Å². The Bertz CT molecular complexity index is 1360. The summed E-state index contributed by atoms with van der Waals surface area (Å²) in [5.41, 5.74) is 6.00. The zero-order chi connectivity index (χ0) is 22.9. The Morgan fingerprint density at radius 2 is 1.68 bits per heavy atom. The highest BCUT2D eigenvalue weighted by atomic mass is 19.4. The fourth-order valence-corrected chi connectivity index (χ4v) is 3.72. The van der Waals surface area contributed by atoms with Crippen molar-refractivity contribution in [3.8, 4) is 11.4 Å². The van der Waals surface area contributed by atoms with Crippen LogP contribution >= 0.6 is 0 Å². The molecule has 0 aliphatic rings. The van der Waals surface area contributed by atoms with E-state index in [1.54, 1.807) is 19.9 Å². The number of nitrogen functional groups attached to an aromatic ring is 1. The van der Waals surface area contributed by atoms with E-state index in [0.29, 0.717) is 16.8 Å². The summed E-state index contributed by atoms with van der Waals surface area (Å²) in [4.78, 5) is 12.1. The summed E-state index contributed by atoms with van der Waals surface area (Å²) in [5, 5.41) is 10.2. The maximum Gasteiger partial charge on any atom is 0.458 e. The van der Waals surface area contributed by atoms with Crippen LogP contribution in [0.25, 0.3) is 27.8 Å². The van der Waals surface area contributed by atoms with Gasteiger partial charge in [0.2, 0.25) is 0 Å². The summed E-state index contributed by atoms with van der Waals surface area (Å²) in [6, 6.07) is 3.86. The van der Waals surface area contributed by atoms with Gasteiger partial charge in [-0.05, 0) is 38.5 Å². The van der Waals surface area contributed by atoms with Gasteiger partial charge in [-0.2, -0.15) is 22.0 Å². The highest BCUT2D eigenvalue weighted by Crippen LogP contribution is 2.46. The summed E-state index contributed by atoms with van der Waals surface area (Å²) >= 11 is 0. The molecule has 3 heterocycles. The van der Waals surface area contributed by atoms with Crippen LogP contribution < -0.4 is 5.73 Å². The van der Waals surface area contributed by atoms with Crippen LogP contribution in [0.2, 0.25) is 0 Å². The van der Waals surface area contributed by atoms with Gasteiger partial charge in [-0.3, -0.25) is 4.57 Å². The van der Waals surface area contributed by atoms with Gasteiger partial charge in [0, 0.05) is 16.6 Å². The summed E-state index contributed by atoms with van der Waals surface area (Å²) in [6.45, 7) is 4.47. The van der Waals surface area contributed by atoms with Crippen molar-refractivity contribution in [1.29, 1.82) is 0 Å². The van der Waals surface area contributed by atoms with Crippen molar-refractivity contribution in [1.82, 2.24) is 19.5 Å². The minimum Gasteiger partial charge on any atom is -0.508 e. The molecule has 0 spiro atoms. The molecule has 162 valence electrons. The van der Waals surface area contributed by atoms with E-state index >= 15 is 0 Å². The molecule has 31 heavy (non-hydrogen) atoms. The van der Waals surface area contributed by atoms with Crippen molar-refractivity contribution in [2.45, 2.75) is 32.9 Å². The van der Waals surface area contributed by atoms with Crippen molar-refractivity contribution in [2.24, 2.45) is 0 Å². The van der Waals surface area contributed by atoms with E-state index < -0.39 is 23.4 Å². The second-order valence-electron chi connectivity index (χ2n) is 7.23. The van der Waals surface area contributed by atoms with Crippen LogP contribution in [-0.4, -0.2) is 30.8 Å². The first-order valence-corrected chi connectivity index (χ1v) is 9.03. The molecule has 3 aromatic heterocycles. The quantitative estimate of drug-likeness (QED) is 0.438. The molecular formula is C20H16F5N5O. The molecule has 0 aliphatic carbocycles. The fourth-order valence-electron chi connectivity index (χ4n) is 3.72. The average Bonchev–Trinajstić information content (AvgIpc) is 2.98. The molecule has 4 rings (SSSR count). The van der Waals surface area contributed by atoms with Crippen molar-refractivity contribution in [3.05, 3.63) is 46.9 Å². The van der Waals surface area contributed by atoms with Crippen LogP contribution in [0.15, 0.2) is 24.5 Å². The number of halogens is 5. The smallest absolute Gasteiger partial charge is 0.458 e. The minimum atomic E-state index is -5.80. The molecule has 0 amide bonds. The monoisotopic (exact) mass is 437 g/mol. The van der Waals surface area contributed by atoms with Crippen LogP contribution in [0.3, 0.4) is 0 Å². The first-order valence-electron chi connectivity index (χ1n) is 9.03. The number of nitrogens with two attached hydrogens (primary N) is 1. The van der Waals surface area contributed by atoms with E-state index in [0.717, 1.165) is 19.3 Å². The highest BCUT2D eigenvalue weighted by molar-refractivity contribution is 6.11. The van der Waals surface area contributed by atoms with Crippen molar-refractivity contribution in [2.75, 3.05) is 5.73 Å². The number of anilines is 1. The van der Waals surface area contributed by atoms with Crippen LogP contribution in [0.1, 0.15) is 22.4 Å². The molecule has 0 radical (unpaired) electrons. The second-order valence-corrected chi connectivity index (χ2v) is 7.23. The number of benzene rings is 1. The number of hydrogen-bond acceptors (Lipinski definition) is 5. The number of rotatable bonds is 2. The maximum atomic E-state index is 14.2. The number of alkyl halides is 5. The largest absolute Gasteiger partial charge is 0.508 e. The predicted molar refractivity (Wildman–Crippen MR) is 104 cm³/mol. The summed E-state index contributed by atoms with van der Waals surface area (Å²) in [6.07, 6.45) is -4.65. The van der Waals surface area contributed by atoms with E-state index in [4.69, 9.17) is 5.73 Å². The van der Waals surface area contributed by atoms with Crippen molar-refractivity contribution in [3.63, 3.8) is 0 Å². The molecule has 0 aliphatic heterocycles. The summed E-state index contributed by atoms with van der Waals surface area (Å²) < 4.78 is 69.0. The van der Waals surface area contributed by atoms with Gasteiger partial charge < -0.3 is 10.8 Å². The van der Waals surface area contributed by atoms with E-state index in [-0.39, 0.29) is 33.6 Å². The van der Waals surface area contributed by atoms with Gasteiger partial charge in [0.15, 0.2) is 5.65 Å². The van der Waals surface area contributed by atoms with Crippen LogP contribution in [-0.2, 0) is 5.92 Å². The number of fused-ring (bicyclic) bond motifs is 3. The third kappa shape index (κ3) is 2.87. The molecule has 0 saturated heterocycles. The molecule has 0 saturated carbocycles. The lowest BCUT2D eigenvalue weighted by molar-refractivity contribution is -0.289. The summed E-state index contributed by atoms with van der Waals surface area (Å²) in [7, 11) is 0. The Hall–Kier alpha value is -3.50. The molecule has 4 aromatic rings. The SMILES string of the molecule is Cc1ccc(O)c(C)c1-n1c2nc(C)c(C(F)(F)C(F)(F)F)cc2c2c(N)ncnc21. The molecule has 0 bridgehead atoms. The topological polar surface area (TPSA) is 89.8 Å². The Morgan fingerprint density at radius 3 is 2.32 bits per heavy atom. The molecule has 0 atom stereocenters. The van der Waals surface area contributed by atoms with E-state index in [1.807, 2.05) is 0 Å². The molecule has 6 nitrogen and oxygen atoms in total. The third-order valence-corrected chi connectivity index (χ3v) is 5.26. The molecule has 1 aromatic carbocycles. The number of aryl methyl sites for hydroxylation is 2. The first kappa shape index (κ1) is 20.8. The molecule has 0 unspecified atom stereocenters. The number of hydrogen-bond donors (Lipinski definition) is 2.